The van der Waals surface area contributed by atoms with Gasteiger partial charge in [0.1, 0.15) is 0 Å². The molecule has 110 valence electrons. The number of rotatable bonds is 4. The Labute approximate surface area is 124 Å². The van der Waals surface area contributed by atoms with E-state index >= 15 is 0 Å². The number of piperazine rings is 1. The fourth-order valence-electron chi connectivity index (χ4n) is 1.88. The van der Waals surface area contributed by atoms with E-state index in [-0.39, 0.29) is 13.1 Å². The minimum atomic E-state index is -3.74. The largest absolute Gasteiger partial charge is 0.480 e. The van der Waals surface area contributed by atoms with Gasteiger partial charge in [0.15, 0.2) is 5.75 Å². The third-order valence-electron chi connectivity index (χ3n) is 2.83. The predicted molar refractivity (Wildman–Crippen MR) is 74.9 cm³/mol. The molecule has 1 fully saturated rings. The number of carboxylic acids is 1. The molecule has 1 saturated heterocycles. The summed E-state index contributed by atoms with van der Waals surface area (Å²) < 4.78 is 25.5. The number of aromatic nitrogens is 2. The summed E-state index contributed by atoms with van der Waals surface area (Å²) in [4.78, 5) is 20.7. The van der Waals surface area contributed by atoms with E-state index in [4.69, 9.17) is 5.11 Å². The molecule has 0 radical (unpaired) electrons. The molecule has 10 heteroatoms. The minimum absolute atomic E-state index is 0.231. The van der Waals surface area contributed by atoms with Crippen molar-refractivity contribution < 1.29 is 18.3 Å². The van der Waals surface area contributed by atoms with E-state index in [2.05, 4.69) is 25.9 Å². The standard InChI is InChI=1S/C10H13BrN4O4S/c11-8-5-12-10(13-6-8)14-1-3-15(4-2-14)20(18,19)7-9(16)17/h5-6H,1-4,7H2,(H,16,17). The quantitative estimate of drug-likeness (QED) is 0.786. The number of halogens is 1. The van der Waals surface area contributed by atoms with Gasteiger partial charge < -0.3 is 10.0 Å². The SMILES string of the molecule is O=C(O)CS(=O)(=O)N1CCN(c2ncc(Br)cn2)CC1. The number of carboxylic acid groups (broad SMARTS) is 1. The van der Waals surface area contributed by atoms with E-state index in [1.165, 1.54) is 4.31 Å². The van der Waals surface area contributed by atoms with Gasteiger partial charge in [0.05, 0.1) is 4.47 Å². The van der Waals surface area contributed by atoms with Gasteiger partial charge in [-0.2, -0.15) is 4.31 Å². The molecule has 1 aromatic rings. The van der Waals surface area contributed by atoms with Crippen molar-refractivity contribution >= 4 is 37.9 Å². The molecule has 0 aliphatic carbocycles. The van der Waals surface area contributed by atoms with Crippen LogP contribution in [0.1, 0.15) is 0 Å². The summed E-state index contributed by atoms with van der Waals surface area (Å²) in [5, 5.41) is 8.60. The van der Waals surface area contributed by atoms with Gasteiger partial charge in [0.25, 0.3) is 0 Å². The first-order valence-electron chi connectivity index (χ1n) is 5.80. The van der Waals surface area contributed by atoms with Crippen LogP contribution in [0, 0.1) is 0 Å². The van der Waals surface area contributed by atoms with Gasteiger partial charge in [0.2, 0.25) is 16.0 Å². The molecule has 2 rings (SSSR count). The van der Waals surface area contributed by atoms with Crippen LogP contribution in [0.3, 0.4) is 0 Å². The van der Waals surface area contributed by atoms with Crippen LogP contribution in [0.2, 0.25) is 0 Å². The Morgan fingerprint density at radius 1 is 1.25 bits per heavy atom. The van der Waals surface area contributed by atoms with E-state index in [9.17, 15) is 13.2 Å². The van der Waals surface area contributed by atoms with Crippen LogP contribution in [0.25, 0.3) is 0 Å². The highest BCUT2D eigenvalue weighted by atomic mass is 79.9. The van der Waals surface area contributed by atoms with Crippen LogP contribution in [0.5, 0.6) is 0 Å². The normalized spacial score (nSPS) is 17.1. The molecule has 0 atom stereocenters. The third kappa shape index (κ3) is 3.64. The summed E-state index contributed by atoms with van der Waals surface area (Å²) >= 11 is 3.24. The molecular weight excluding hydrogens is 352 g/mol. The molecule has 0 spiro atoms. The summed E-state index contributed by atoms with van der Waals surface area (Å²) in [7, 11) is -3.74. The number of hydrogen-bond acceptors (Lipinski definition) is 6. The molecule has 0 aromatic carbocycles. The Hall–Kier alpha value is -1.26. The molecule has 0 amide bonds. The smallest absolute Gasteiger partial charge is 0.320 e. The number of sulfonamides is 1. The third-order valence-corrected chi connectivity index (χ3v) is 5.00. The first kappa shape index (κ1) is 15.1. The fraction of sp³-hybridized carbons (Fsp3) is 0.500. The first-order valence-corrected chi connectivity index (χ1v) is 8.21. The van der Waals surface area contributed by atoms with Crippen molar-refractivity contribution in [2.24, 2.45) is 0 Å². The maximum Gasteiger partial charge on any atom is 0.320 e. The molecule has 0 bridgehead atoms. The maximum atomic E-state index is 11.8. The second-order valence-electron chi connectivity index (χ2n) is 4.24. The highest BCUT2D eigenvalue weighted by molar-refractivity contribution is 9.10. The van der Waals surface area contributed by atoms with E-state index < -0.39 is 21.7 Å². The summed E-state index contributed by atoms with van der Waals surface area (Å²) in [6.07, 6.45) is 3.24. The highest BCUT2D eigenvalue weighted by Crippen LogP contribution is 2.15. The number of anilines is 1. The molecule has 2 heterocycles. The number of aliphatic carboxylic acids is 1. The van der Waals surface area contributed by atoms with Gasteiger partial charge in [-0.1, -0.05) is 0 Å². The molecule has 1 N–H and O–H groups in total. The average Bonchev–Trinajstić information content (AvgIpc) is 2.38. The lowest BCUT2D eigenvalue weighted by Gasteiger charge is -2.33. The Bertz CT molecular complexity index is 584. The Balaban J connectivity index is 1.99. The Morgan fingerprint density at radius 2 is 1.80 bits per heavy atom. The summed E-state index contributed by atoms with van der Waals surface area (Å²) in [6, 6.07) is 0. The summed E-state index contributed by atoms with van der Waals surface area (Å²) in [5.41, 5.74) is 0. The number of nitrogens with zero attached hydrogens (tertiary/aromatic N) is 4. The zero-order valence-electron chi connectivity index (χ0n) is 10.4. The van der Waals surface area contributed by atoms with Crippen LogP contribution >= 0.6 is 15.9 Å². The zero-order valence-corrected chi connectivity index (χ0v) is 12.8. The molecule has 1 aromatic heterocycles. The van der Waals surface area contributed by atoms with Crippen molar-refractivity contribution in [1.29, 1.82) is 0 Å². The second-order valence-corrected chi connectivity index (χ2v) is 7.12. The van der Waals surface area contributed by atoms with Crippen LogP contribution in [0.4, 0.5) is 5.95 Å². The van der Waals surface area contributed by atoms with E-state index in [0.717, 1.165) is 4.47 Å². The number of carbonyl (C=O) groups is 1. The van der Waals surface area contributed by atoms with Crippen molar-refractivity contribution in [2.45, 2.75) is 0 Å². The maximum absolute atomic E-state index is 11.8. The van der Waals surface area contributed by atoms with Gasteiger partial charge in [-0.05, 0) is 15.9 Å². The van der Waals surface area contributed by atoms with Gasteiger partial charge in [-0.15, -0.1) is 0 Å². The van der Waals surface area contributed by atoms with Crippen LogP contribution in [-0.2, 0) is 14.8 Å². The Morgan fingerprint density at radius 3 is 2.30 bits per heavy atom. The summed E-state index contributed by atoms with van der Waals surface area (Å²) in [5.74, 6) is -1.69. The van der Waals surface area contributed by atoms with Crippen molar-refractivity contribution in [3.8, 4) is 0 Å². The number of hydrogen-bond donors (Lipinski definition) is 1. The van der Waals surface area contributed by atoms with Crippen molar-refractivity contribution in [1.82, 2.24) is 14.3 Å². The molecule has 0 saturated carbocycles. The van der Waals surface area contributed by atoms with E-state index in [1.807, 2.05) is 4.90 Å². The summed E-state index contributed by atoms with van der Waals surface area (Å²) in [6.45, 7) is 1.32. The van der Waals surface area contributed by atoms with Gasteiger partial charge in [-0.25, -0.2) is 18.4 Å². The molecule has 8 nitrogen and oxygen atoms in total. The van der Waals surface area contributed by atoms with Crippen LogP contribution in [-0.4, -0.2) is 65.7 Å². The zero-order chi connectivity index (χ0) is 14.8. The average molecular weight is 365 g/mol. The molecule has 0 unspecified atom stereocenters. The van der Waals surface area contributed by atoms with Crippen LogP contribution in [0.15, 0.2) is 16.9 Å². The van der Waals surface area contributed by atoms with E-state index in [0.29, 0.717) is 19.0 Å². The lowest BCUT2D eigenvalue weighted by Crippen LogP contribution is -2.50. The van der Waals surface area contributed by atoms with Gasteiger partial charge in [-0.3, -0.25) is 4.79 Å². The molecule has 20 heavy (non-hydrogen) atoms. The fourth-order valence-corrected chi connectivity index (χ4v) is 3.30. The van der Waals surface area contributed by atoms with Crippen molar-refractivity contribution in [3.05, 3.63) is 16.9 Å². The Kier molecular flexibility index (Phi) is 4.55. The van der Waals surface area contributed by atoms with Crippen LogP contribution < -0.4 is 4.90 Å². The van der Waals surface area contributed by atoms with Gasteiger partial charge in [0, 0.05) is 38.6 Å². The van der Waals surface area contributed by atoms with Crippen molar-refractivity contribution in [2.75, 3.05) is 36.8 Å². The topological polar surface area (TPSA) is 104 Å². The molecule has 1 aliphatic rings. The molecular formula is C10H13BrN4O4S. The highest BCUT2D eigenvalue weighted by Gasteiger charge is 2.29. The lowest BCUT2D eigenvalue weighted by molar-refractivity contribution is -0.134. The second kappa shape index (κ2) is 6.02. The van der Waals surface area contributed by atoms with Gasteiger partial charge >= 0.3 is 5.97 Å². The predicted octanol–water partition coefficient (Wildman–Crippen LogP) is -0.224. The molecule has 1 aliphatic heterocycles. The van der Waals surface area contributed by atoms with E-state index in [1.54, 1.807) is 12.4 Å². The minimum Gasteiger partial charge on any atom is -0.480 e. The lowest BCUT2D eigenvalue weighted by atomic mass is 10.4. The monoisotopic (exact) mass is 364 g/mol. The first-order chi connectivity index (χ1) is 9.38. The van der Waals surface area contributed by atoms with Crippen molar-refractivity contribution in [3.63, 3.8) is 0 Å².